The van der Waals surface area contributed by atoms with Crippen LogP contribution in [0.1, 0.15) is 25.8 Å². The van der Waals surface area contributed by atoms with Gasteiger partial charge in [-0.3, -0.25) is 4.79 Å². The van der Waals surface area contributed by atoms with Gasteiger partial charge < -0.3 is 15.7 Å². The number of carbonyl (C=O) groups excluding carboxylic acids is 1. The van der Waals surface area contributed by atoms with Crippen LogP contribution in [-0.2, 0) is 4.79 Å². The third-order valence-corrected chi connectivity index (χ3v) is 2.81. The molecule has 1 aromatic carbocycles. The number of nitrogens with zero attached hydrogens (tertiary/aromatic N) is 1. The lowest BCUT2D eigenvalue weighted by Gasteiger charge is -2.18. The minimum absolute atomic E-state index is 0.0548. The molecule has 108 valence electrons. The highest BCUT2D eigenvalue weighted by Gasteiger charge is 2.12. The SMILES string of the molecule is CC(C)CC(CO)NC(=O)CNc1ccc(C#N)cc1. The summed E-state index contributed by atoms with van der Waals surface area (Å²) >= 11 is 0. The van der Waals surface area contributed by atoms with E-state index in [2.05, 4.69) is 10.6 Å². The predicted molar refractivity (Wildman–Crippen MR) is 78.1 cm³/mol. The van der Waals surface area contributed by atoms with Gasteiger partial charge in [0.05, 0.1) is 30.8 Å². The van der Waals surface area contributed by atoms with Crippen LogP contribution in [-0.4, -0.2) is 30.2 Å². The third kappa shape index (κ3) is 5.72. The van der Waals surface area contributed by atoms with Gasteiger partial charge in [0, 0.05) is 5.69 Å². The fourth-order valence-electron chi connectivity index (χ4n) is 1.87. The molecule has 0 radical (unpaired) electrons. The number of nitriles is 1. The van der Waals surface area contributed by atoms with Crippen molar-refractivity contribution in [1.29, 1.82) is 5.26 Å². The Morgan fingerprint density at radius 3 is 2.50 bits per heavy atom. The number of aliphatic hydroxyl groups excluding tert-OH is 1. The fourth-order valence-corrected chi connectivity index (χ4v) is 1.87. The number of carbonyl (C=O) groups is 1. The molecule has 0 fully saturated rings. The summed E-state index contributed by atoms with van der Waals surface area (Å²) in [6.45, 7) is 4.18. The molecule has 0 aliphatic heterocycles. The summed E-state index contributed by atoms with van der Waals surface area (Å²) < 4.78 is 0. The van der Waals surface area contributed by atoms with Gasteiger partial charge in [0.2, 0.25) is 5.91 Å². The molecule has 0 heterocycles. The summed E-state index contributed by atoms with van der Waals surface area (Å²) in [5.74, 6) is 0.257. The van der Waals surface area contributed by atoms with E-state index in [1.165, 1.54) is 0 Å². The number of nitrogens with one attached hydrogen (secondary N) is 2. The quantitative estimate of drug-likeness (QED) is 0.704. The van der Waals surface area contributed by atoms with Crippen LogP contribution < -0.4 is 10.6 Å². The highest BCUT2D eigenvalue weighted by atomic mass is 16.3. The Hall–Kier alpha value is -2.06. The number of hydrogen-bond acceptors (Lipinski definition) is 4. The molecule has 0 bridgehead atoms. The van der Waals surface area contributed by atoms with Gasteiger partial charge in [-0.15, -0.1) is 0 Å². The lowest BCUT2D eigenvalue weighted by Crippen LogP contribution is -2.41. The molecule has 1 amide bonds. The average Bonchev–Trinajstić information content (AvgIpc) is 2.44. The molecule has 1 unspecified atom stereocenters. The number of benzene rings is 1. The molecule has 20 heavy (non-hydrogen) atoms. The first-order chi connectivity index (χ1) is 9.55. The minimum atomic E-state index is -0.203. The first-order valence-electron chi connectivity index (χ1n) is 6.69. The van der Waals surface area contributed by atoms with Crippen molar-refractivity contribution in [2.45, 2.75) is 26.3 Å². The van der Waals surface area contributed by atoms with Crippen molar-refractivity contribution in [1.82, 2.24) is 5.32 Å². The molecule has 3 N–H and O–H groups in total. The molecule has 1 atom stereocenters. The minimum Gasteiger partial charge on any atom is -0.394 e. The second-order valence-corrected chi connectivity index (χ2v) is 5.12. The Bertz CT molecular complexity index is 463. The molecule has 0 aliphatic rings. The van der Waals surface area contributed by atoms with Crippen molar-refractivity contribution in [3.8, 4) is 6.07 Å². The highest BCUT2D eigenvalue weighted by molar-refractivity contribution is 5.81. The van der Waals surface area contributed by atoms with Gasteiger partial charge in [-0.2, -0.15) is 5.26 Å². The normalized spacial score (nSPS) is 11.8. The van der Waals surface area contributed by atoms with Crippen LogP contribution in [0.3, 0.4) is 0 Å². The maximum atomic E-state index is 11.8. The van der Waals surface area contributed by atoms with Gasteiger partial charge in [0.1, 0.15) is 0 Å². The van der Waals surface area contributed by atoms with Gasteiger partial charge in [0.25, 0.3) is 0 Å². The lowest BCUT2D eigenvalue weighted by atomic mass is 10.0. The summed E-state index contributed by atoms with van der Waals surface area (Å²) in [6, 6.07) is 8.72. The van der Waals surface area contributed by atoms with E-state index in [1.54, 1.807) is 24.3 Å². The van der Waals surface area contributed by atoms with Crippen molar-refractivity contribution >= 4 is 11.6 Å². The first kappa shape index (κ1) is 16.0. The van der Waals surface area contributed by atoms with Crippen molar-refractivity contribution in [3.05, 3.63) is 29.8 Å². The first-order valence-corrected chi connectivity index (χ1v) is 6.69. The Morgan fingerprint density at radius 2 is 2.00 bits per heavy atom. The zero-order valence-corrected chi connectivity index (χ0v) is 11.9. The molecular formula is C15H21N3O2. The van der Waals surface area contributed by atoms with E-state index in [9.17, 15) is 9.90 Å². The number of amides is 1. The molecule has 5 nitrogen and oxygen atoms in total. The second kappa shape index (κ2) is 8.18. The van der Waals surface area contributed by atoms with Crippen LogP contribution in [0, 0.1) is 17.2 Å². The zero-order valence-electron chi connectivity index (χ0n) is 11.9. The standard InChI is InChI=1S/C15H21N3O2/c1-11(2)7-14(10-19)18-15(20)9-17-13-5-3-12(8-16)4-6-13/h3-6,11,14,17,19H,7,9-10H2,1-2H3,(H,18,20). The van der Waals surface area contributed by atoms with Crippen molar-refractivity contribution < 1.29 is 9.90 Å². The molecular weight excluding hydrogens is 254 g/mol. The fraction of sp³-hybridized carbons (Fsp3) is 0.467. The van der Waals surface area contributed by atoms with Gasteiger partial charge in [0.15, 0.2) is 0 Å². The summed E-state index contributed by atoms with van der Waals surface area (Å²) in [4.78, 5) is 11.8. The van der Waals surface area contributed by atoms with Crippen molar-refractivity contribution in [2.75, 3.05) is 18.5 Å². The largest absolute Gasteiger partial charge is 0.394 e. The Morgan fingerprint density at radius 1 is 1.35 bits per heavy atom. The van der Waals surface area contributed by atoms with Crippen LogP contribution in [0.4, 0.5) is 5.69 Å². The van der Waals surface area contributed by atoms with Gasteiger partial charge in [-0.1, -0.05) is 13.8 Å². The van der Waals surface area contributed by atoms with Crippen LogP contribution in [0.25, 0.3) is 0 Å². The average molecular weight is 275 g/mol. The van der Waals surface area contributed by atoms with Crippen LogP contribution >= 0.6 is 0 Å². The number of aliphatic hydroxyl groups is 1. The van der Waals surface area contributed by atoms with Gasteiger partial charge in [-0.25, -0.2) is 0 Å². The summed E-state index contributed by atoms with van der Waals surface area (Å²) in [7, 11) is 0. The number of hydrogen-bond donors (Lipinski definition) is 3. The Balaban J connectivity index is 2.40. The van der Waals surface area contributed by atoms with Crippen LogP contribution in [0.5, 0.6) is 0 Å². The molecule has 0 saturated heterocycles. The molecule has 0 spiro atoms. The van der Waals surface area contributed by atoms with Gasteiger partial charge in [-0.05, 0) is 36.6 Å². The lowest BCUT2D eigenvalue weighted by molar-refractivity contribution is -0.120. The van der Waals surface area contributed by atoms with Gasteiger partial charge >= 0.3 is 0 Å². The molecule has 0 aliphatic carbocycles. The highest BCUT2D eigenvalue weighted by Crippen LogP contribution is 2.08. The predicted octanol–water partition coefficient (Wildman–Crippen LogP) is 1.49. The number of rotatable bonds is 7. The van der Waals surface area contributed by atoms with E-state index < -0.39 is 0 Å². The van der Waals surface area contributed by atoms with E-state index >= 15 is 0 Å². The van der Waals surface area contributed by atoms with Crippen LogP contribution in [0.15, 0.2) is 24.3 Å². The van der Waals surface area contributed by atoms with Crippen molar-refractivity contribution in [2.24, 2.45) is 5.92 Å². The molecule has 0 aromatic heterocycles. The van der Waals surface area contributed by atoms with Crippen molar-refractivity contribution in [3.63, 3.8) is 0 Å². The molecule has 0 saturated carbocycles. The monoisotopic (exact) mass is 275 g/mol. The summed E-state index contributed by atoms with van der Waals surface area (Å²) in [6.07, 6.45) is 0.749. The summed E-state index contributed by atoms with van der Waals surface area (Å²) in [5, 5.41) is 23.7. The van der Waals surface area contributed by atoms with E-state index in [4.69, 9.17) is 5.26 Å². The Labute approximate surface area is 119 Å². The topological polar surface area (TPSA) is 85.2 Å². The number of anilines is 1. The molecule has 1 aromatic rings. The zero-order chi connectivity index (χ0) is 15.0. The Kier molecular flexibility index (Phi) is 6.54. The summed E-state index contributed by atoms with van der Waals surface area (Å²) in [5.41, 5.74) is 1.36. The molecule has 5 heteroatoms. The van der Waals surface area contributed by atoms with E-state index in [0.29, 0.717) is 11.5 Å². The van der Waals surface area contributed by atoms with E-state index in [-0.39, 0.29) is 25.1 Å². The van der Waals surface area contributed by atoms with E-state index in [1.807, 2.05) is 19.9 Å². The smallest absolute Gasteiger partial charge is 0.239 e. The third-order valence-electron chi connectivity index (χ3n) is 2.81. The van der Waals surface area contributed by atoms with E-state index in [0.717, 1.165) is 12.1 Å². The second-order valence-electron chi connectivity index (χ2n) is 5.12. The van der Waals surface area contributed by atoms with Crippen LogP contribution in [0.2, 0.25) is 0 Å². The maximum Gasteiger partial charge on any atom is 0.239 e. The maximum absolute atomic E-state index is 11.8. The molecule has 1 rings (SSSR count).